The molecule has 4 rings (SSSR count). The van der Waals surface area contributed by atoms with E-state index in [-0.39, 0.29) is 0 Å². The quantitative estimate of drug-likeness (QED) is 0.740. The summed E-state index contributed by atoms with van der Waals surface area (Å²) in [7, 11) is 1.65. The first-order valence-corrected chi connectivity index (χ1v) is 8.46. The summed E-state index contributed by atoms with van der Waals surface area (Å²) in [6.07, 6.45) is 10.3. The van der Waals surface area contributed by atoms with E-state index in [0.717, 1.165) is 25.3 Å². The number of methoxy groups -OCH3 is 1. The molecule has 24 heavy (non-hydrogen) atoms. The number of piperidine rings is 1. The van der Waals surface area contributed by atoms with Crippen LogP contribution in [0.2, 0.25) is 0 Å². The zero-order valence-corrected chi connectivity index (χ0v) is 13.9. The molecule has 0 saturated carbocycles. The van der Waals surface area contributed by atoms with E-state index in [2.05, 4.69) is 43.7 Å². The molecule has 0 unspecified atom stereocenters. The fraction of sp³-hybridized carbons (Fsp3) is 0.368. The minimum absolute atomic E-state index is 0.636. The van der Waals surface area contributed by atoms with Crippen LogP contribution in [0.4, 0.5) is 0 Å². The first-order valence-electron chi connectivity index (χ1n) is 8.46. The van der Waals surface area contributed by atoms with Gasteiger partial charge in [-0.3, -0.25) is 4.90 Å². The molecule has 1 aliphatic heterocycles. The lowest BCUT2D eigenvalue weighted by Gasteiger charge is -2.32. The van der Waals surface area contributed by atoms with E-state index in [1.165, 1.54) is 24.0 Å². The smallest absolute Gasteiger partial charge is 0.212 e. The van der Waals surface area contributed by atoms with Crippen LogP contribution in [0.15, 0.2) is 49.1 Å². The average Bonchev–Trinajstić information content (AvgIpc) is 3.11. The van der Waals surface area contributed by atoms with Gasteiger partial charge in [0.15, 0.2) is 0 Å². The number of imidazole rings is 1. The van der Waals surface area contributed by atoms with Crippen molar-refractivity contribution in [2.75, 3.05) is 20.2 Å². The summed E-state index contributed by atoms with van der Waals surface area (Å²) in [4.78, 5) is 11.2. The maximum absolute atomic E-state index is 5.12. The number of pyridine rings is 2. The molecule has 3 aromatic rings. The Balaban J connectivity index is 1.37. The molecule has 0 amide bonds. The Labute approximate surface area is 141 Å². The number of ether oxygens (including phenoxy) is 1. The van der Waals surface area contributed by atoms with Crippen LogP contribution in [-0.2, 0) is 6.54 Å². The number of rotatable bonds is 4. The highest BCUT2D eigenvalue weighted by Gasteiger charge is 2.21. The van der Waals surface area contributed by atoms with Gasteiger partial charge in [0.05, 0.1) is 7.11 Å². The molecule has 0 N–H and O–H groups in total. The Bertz CT molecular complexity index is 804. The largest absolute Gasteiger partial charge is 0.481 e. The maximum Gasteiger partial charge on any atom is 0.212 e. The second-order valence-corrected chi connectivity index (χ2v) is 6.41. The second kappa shape index (κ2) is 6.61. The molecule has 1 saturated heterocycles. The van der Waals surface area contributed by atoms with E-state index in [9.17, 15) is 0 Å². The fourth-order valence-corrected chi connectivity index (χ4v) is 3.49. The van der Waals surface area contributed by atoms with Crippen molar-refractivity contribution < 1.29 is 4.74 Å². The summed E-state index contributed by atoms with van der Waals surface area (Å²) in [5, 5.41) is 0. The molecule has 0 bridgehead atoms. The molecular weight excluding hydrogens is 300 g/mol. The molecule has 4 heterocycles. The molecule has 0 aromatic carbocycles. The van der Waals surface area contributed by atoms with Crippen molar-refractivity contribution in [2.24, 2.45) is 0 Å². The van der Waals surface area contributed by atoms with E-state index in [0.29, 0.717) is 11.8 Å². The molecule has 5 heteroatoms. The summed E-state index contributed by atoms with van der Waals surface area (Å²) in [6, 6.07) is 8.50. The minimum atomic E-state index is 0.636. The van der Waals surface area contributed by atoms with Gasteiger partial charge >= 0.3 is 0 Å². The number of fused-ring (bicyclic) bond motifs is 1. The van der Waals surface area contributed by atoms with Gasteiger partial charge in [0, 0.05) is 37.4 Å². The lowest BCUT2D eigenvalue weighted by atomic mass is 9.90. The van der Waals surface area contributed by atoms with Crippen LogP contribution in [-0.4, -0.2) is 39.5 Å². The minimum Gasteiger partial charge on any atom is -0.481 e. The number of hydrogen-bond acceptors (Lipinski definition) is 4. The van der Waals surface area contributed by atoms with Gasteiger partial charge < -0.3 is 9.14 Å². The van der Waals surface area contributed by atoms with Crippen LogP contribution in [0.1, 0.15) is 29.9 Å². The Morgan fingerprint density at radius 1 is 1.12 bits per heavy atom. The van der Waals surface area contributed by atoms with Crippen LogP contribution in [0, 0.1) is 0 Å². The zero-order valence-electron chi connectivity index (χ0n) is 13.9. The molecule has 0 atom stereocenters. The highest BCUT2D eigenvalue weighted by atomic mass is 16.5. The van der Waals surface area contributed by atoms with Crippen LogP contribution < -0.4 is 4.74 Å². The normalized spacial score (nSPS) is 16.5. The van der Waals surface area contributed by atoms with Gasteiger partial charge in [-0.05, 0) is 55.1 Å². The first-order chi connectivity index (χ1) is 11.8. The van der Waals surface area contributed by atoms with Crippen LogP contribution >= 0.6 is 0 Å². The Morgan fingerprint density at radius 2 is 2.00 bits per heavy atom. The number of likely N-dealkylation sites (tertiary alicyclic amines) is 1. The molecule has 0 spiro atoms. The van der Waals surface area contributed by atoms with Gasteiger partial charge in [-0.25, -0.2) is 9.97 Å². The van der Waals surface area contributed by atoms with Crippen molar-refractivity contribution in [3.05, 3.63) is 60.2 Å². The van der Waals surface area contributed by atoms with E-state index in [1.54, 1.807) is 7.11 Å². The molecular formula is C19H22N4O. The topological polar surface area (TPSA) is 42.7 Å². The van der Waals surface area contributed by atoms with Gasteiger partial charge in [0.1, 0.15) is 5.65 Å². The van der Waals surface area contributed by atoms with E-state index < -0.39 is 0 Å². The van der Waals surface area contributed by atoms with Crippen molar-refractivity contribution in [3.8, 4) is 5.88 Å². The van der Waals surface area contributed by atoms with Crippen molar-refractivity contribution in [1.82, 2.24) is 19.3 Å². The number of nitrogens with zero attached hydrogens (tertiary/aromatic N) is 4. The van der Waals surface area contributed by atoms with Crippen molar-refractivity contribution in [2.45, 2.75) is 25.3 Å². The number of aromatic nitrogens is 3. The van der Waals surface area contributed by atoms with E-state index in [1.807, 2.05) is 24.7 Å². The molecule has 5 nitrogen and oxygen atoms in total. The highest BCUT2D eigenvalue weighted by Crippen LogP contribution is 2.29. The van der Waals surface area contributed by atoms with Crippen LogP contribution in [0.25, 0.3) is 5.65 Å². The van der Waals surface area contributed by atoms with E-state index >= 15 is 0 Å². The van der Waals surface area contributed by atoms with Gasteiger partial charge in [0.25, 0.3) is 0 Å². The standard InChI is InChI=1S/C19H22N4O/c1-24-19-3-2-15(13-21-19)14-22-8-4-16(5-9-22)17-6-10-23-11-7-20-18(23)12-17/h2-3,6-7,10-13,16H,4-5,8-9,14H2,1H3. The second-order valence-electron chi connectivity index (χ2n) is 6.41. The van der Waals surface area contributed by atoms with Gasteiger partial charge in [-0.2, -0.15) is 0 Å². The summed E-state index contributed by atoms with van der Waals surface area (Å²) >= 11 is 0. The third-order valence-electron chi connectivity index (χ3n) is 4.89. The van der Waals surface area contributed by atoms with Gasteiger partial charge in [-0.1, -0.05) is 6.07 Å². The lowest BCUT2D eigenvalue weighted by molar-refractivity contribution is 0.204. The van der Waals surface area contributed by atoms with Crippen LogP contribution in [0.3, 0.4) is 0 Å². The van der Waals surface area contributed by atoms with E-state index in [4.69, 9.17) is 4.74 Å². The zero-order chi connectivity index (χ0) is 16.4. The monoisotopic (exact) mass is 322 g/mol. The summed E-state index contributed by atoms with van der Waals surface area (Å²) in [5.74, 6) is 1.31. The summed E-state index contributed by atoms with van der Waals surface area (Å²) < 4.78 is 7.18. The highest BCUT2D eigenvalue weighted by molar-refractivity contribution is 5.42. The van der Waals surface area contributed by atoms with Crippen molar-refractivity contribution in [3.63, 3.8) is 0 Å². The molecule has 124 valence electrons. The van der Waals surface area contributed by atoms with Crippen LogP contribution in [0.5, 0.6) is 5.88 Å². The SMILES string of the molecule is COc1ccc(CN2CCC(c3ccn4ccnc4c3)CC2)cn1. The number of hydrogen-bond donors (Lipinski definition) is 0. The molecule has 3 aromatic heterocycles. The molecule has 0 aliphatic carbocycles. The van der Waals surface area contributed by atoms with Crippen molar-refractivity contribution >= 4 is 5.65 Å². The Morgan fingerprint density at radius 3 is 2.75 bits per heavy atom. The summed E-state index contributed by atoms with van der Waals surface area (Å²) in [6.45, 7) is 3.20. The predicted molar refractivity (Wildman–Crippen MR) is 93.2 cm³/mol. The van der Waals surface area contributed by atoms with Crippen molar-refractivity contribution in [1.29, 1.82) is 0 Å². The molecule has 1 fully saturated rings. The predicted octanol–water partition coefficient (Wildman–Crippen LogP) is 3.12. The third-order valence-corrected chi connectivity index (χ3v) is 4.89. The fourth-order valence-electron chi connectivity index (χ4n) is 3.49. The maximum atomic E-state index is 5.12. The average molecular weight is 322 g/mol. The first kappa shape index (κ1) is 15.1. The molecule has 1 aliphatic rings. The Kier molecular flexibility index (Phi) is 4.17. The third kappa shape index (κ3) is 3.12. The Hall–Kier alpha value is -2.40. The molecule has 0 radical (unpaired) electrons. The van der Waals surface area contributed by atoms with Gasteiger partial charge in [-0.15, -0.1) is 0 Å². The lowest BCUT2D eigenvalue weighted by Crippen LogP contribution is -2.32. The van der Waals surface area contributed by atoms with Gasteiger partial charge in [0.2, 0.25) is 5.88 Å². The summed E-state index contributed by atoms with van der Waals surface area (Å²) in [5.41, 5.74) is 3.70.